The Morgan fingerprint density at radius 3 is 2.49 bits per heavy atom. The number of piperazine rings is 1. The van der Waals surface area contributed by atoms with Gasteiger partial charge in [-0.2, -0.15) is 13.2 Å². The Kier molecular flexibility index (Phi) is 7.95. The summed E-state index contributed by atoms with van der Waals surface area (Å²) >= 11 is 0. The van der Waals surface area contributed by atoms with Crippen LogP contribution >= 0.6 is 0 Å². The molecule has 0 spiro atoms. The summed E-state index contributed by atoms with van der Waals surface area (Å²) in [5, 5.41) is 3.12. The van der Waals surface area contributed by atoms with Crippen LogP contribution in [0.1, 0.15) is 45.2 Å². The maximum absolute atomic E-state index is 14.6. The topological polar surface area (TPSA) is 65.5 Å². The number of carbonyl (C=O) groups excluding carboxylic acids is 2. The van der Waals surface area contributed by atoms with Crippen LogP contribution in [-0.2, 0) is 30.4 Å². The second kappa shape index (κ2) is 11.4. The second-order valence-corrected chi connectivity index (χ2v) is 10.6. The van der Waals surface area contributed by atoms with E-state index in [4.69, 9.17) is 0 Å². The largest absolute Gasteiger partial charge is 0.416 e. The van der Waals surface area contributed by atoms with E-state index in [-0.39, 0.29) is 24.3 Å². The number of pyridine rings is 1. The molecule has 41 heavy (non-hydrogen) atoms. The van der Waals surface area contributed by atoms with Crippen molar-refractivity contribution in [1.29, 1.82) is 0 Å². The highest BCUT2D eigenvalue weighted by atomic mass is 19.4. The molecule has 5 rings (SSSR count). The average Bonchev–Trinajstić information content (AvgIpc) is 3.37. The molecule has 1 saturated heterocycles. The number of allylic oxidation sites excluding steroid dienone is 1. The summed E-state index contributed by atoms with van der Waals surface area (Å²) in [6.07, 6.45) is -0.866. The normalized spacial score (nSPS) is 15.5. The highest BCUT2D eigenvalue weighted by molar-refractivity contribution is 6.00. The zero-order valence-electron chi connectivity index (χ0n) is 22.8. The first-order valence-corrected chi connectivity index (χ1v) is 13.4. The number of hydrogen-bond donors (Lipinski definition) is 1. The number of nitrogens with zero attached hydrogens (tertiary/aromatic N) is 3. The van der Waals surface area contributed by atoms with Crippen LogP contribution in [0.25, 0.3) is 6.08 Å². The Balaban J connectivity index is 1.31. The van der Waals surface area contributed by atoms with Crippen LogP contribution in [0.15, 0.2) is 54.2 Å². The molecule has 0 saturated carbocycles. The van der Waals surface area contributed by atoms with Crippen LogP contribution in [0.3, 0.4) is 0 Å². The third kappa shape index (κ3) is 6.65. The molecule has 2 aliphatic rings. The van der Waals surface area contributed by atoms with Crippen LogP contribution in [0.2, 0.25) is 0 Å². The van der Waals surface area contributed by atoms with Crippen molar-refractivity contribution in [3.8, 4) is 0 Å². The zero-order chi connectivity index (χ0) is 29.3. The van der Waals surface area contributed by atoms with Crippen molar-refractivity contribution in [2.45, 2.75) is 32.5 Å². The lowest BCUT2D eigenvalue weighted by Crippen LogP contribution is -2.44. The van der Waals surface area contributed by atoms with Crippen molar-refractivity contribution >= 4 is 29.0 Å². The minimum atomic E-state index is -4.60. The van der Waals surface area contributed by atoms with Gasteiger partial charge in [0.25, 0.3) is 0 Å². The molecular formula is C31H30F4N4O2. The summed E-state index contributed by atoms with van der Waals surface area (Å²) in [5.74, 6) is -0.961. The van der Waals surface area contributed by atoms with Gasteiger partial charge in [0.2, 0.25) is 0 Å². The molecule has 1 aromatic heterocycles. The summed E-state index contributed by atoms with van der Waals surface area (Å²) in [4.78, 5) is 33.2. The Bertz CT molecular complexity index is 1520. The standard InChI is InChI=1S/C31H30F4N4O2/c1-19(40)21-11-22-13-26(18-37-29(22)15-21)36-17-24-9-20(3-4-28(24)32)10-30(41)23-12-25(31(33,34)35)16-27(14-23)39-7-5-38(2)6-8-39/h3-4,9,11-14,16,18,36H,5-8,10,15,17H2,1-2H3. The SMILES string of the molecule is CC(=O)C1=Cc2cc(NCc3cc(CC(=O)c4cc(N5CCN(C)CC5)cc(C(F)(F)F)c4)ccc3F)cnc2C1. The molecule has 0 amide bonds. The number of nitrogens with one attached hydrogen (secondary N) is 1. The van der Waals surface area contributed by atoms with Crippen molar-refractivity contribution in [2.24, 2.45) is 0 Å². The first-order chi connectivity index (χ1) is 19.5. The Labute approximate surface area is 235 Å². The van der Waals surface area contributed by atoms with Crippen LogP contribution < -0.4 is 10.2 Å². The van der Waals surface area contributed by atoms with E-state index in [1.807, 2.05) is 18.0 Å². The summed E-state index contributed by atoms with van der Waals surface area (Å²) < 4.78 is 55.8. The quantitative estimate of drug-likeness (QED) is 0.285. The minimum Gasteiger partial charge on any atom is -0.380 e. The van der Waals surface area contributed by atoms with Gasteiger partial charge in [0.15, 0.2) is 11.6 Å². The maximum atomic E-state index is 14.6. The summed E-state index contributed by atoms with van der Waals surface area (Å²) in [7, 11) is 1.95. The van der Waals surface area contributed by atoms with Gasteiger partial charge in [-0.1, -0.05) is 12.1 Å². The molecular weight excluding hydrogens is 536 g/mol. The van der Waals surface area contributed by atoms with Gasteiger partial charge in [0.05, 0.1) is 23.1 Å². The van der Waals surface area contributed by atoms with Crippen LogP contribution in [0.5, 0.6) is 0 Å². The van der Waals surface area contributed by atoms with E-state index in [1.54, 1.807) is 18.3 Å². The highest BCUT2D eigenvalue weighted by Crippen LogP contribution is 2.34. The molecule has 1 N–H and O–H groups in total. The molecule has 1 aliphatic heterocycles. The molecule has 6 nitrogen and oxygen atoms in total. The van der Waals surface area contributed by atoms with Crippen LogP contribution in [0, 0.1) is 5.82 Å². The number of halogens is 4. The van der Waals surface area contributed by atoms with Gasteiger partial charge in [-0.3, -0.25) is 14.6 Å². The lowest BCUT2D eigenvalue weighted by molar-refractivity contribution is -0.137. The Hall–Kier alpha value is -4.05. The predicted octanol–water partition coefficient (Wildman–Crippen LogP) is 5.56. The molecule has 214 valence electrons. The molecule has 0 bridgehead atoms. The van der Waals surface area contributed by atoms with Gasteiger partial charge >= 0.3 is 6.18 Å². The number of aromatic nitrogens is 1. The first-order valence-electron chi connectivity index (χ1n) is 13.4. The molecule has 2 aromatic carbocycles. The molecule has 10 heteroatoms. The number of carbonyl (C=O) groups is 2. The number of hydrogen-bond acceptors (Lipinski definition) is 6. The van der Waals surface area contributed by atoms with E-state index < -0.39 is 23.3 Å². The van der Waals surface area contributed by atoms with Crippen LogP contribution in [0.4, 0.5) is 28.9 Å². The fourth-order valence-electron chi connectivity index (χ4n) is 5.07. The molecule has 1 fully saturated rings. The number of anilines is 2. The molecule has 0 unspecified atom stereocenters. The van der Waals surface area contributed by atoms with Gasteiger partial charge in [-0.25, -0.2) is 4.39 Å². The number of rotatable bonds is 8. The highest BCUT2D eigenvalue weighted by Gasteiger charge is 2.32. The number of ketones is 2. The first kappa shape index (κ1) is 28.5. The van der Waals surface area contributed by atoms with E-state index >= 15 is 0 Å². The van der Waals surface area contributed by atoms with Crippen molar-refractivity contribution in [2.75, 3.05) is 43.4 Å². The summed E-state index contributed by atoms with van der Waals surface area (Å²) in [6, 6.07) is 9.61. The van der Waals surface area contributed by atoms with Gasteiger partial charge in [0.1, 0.15) is 5.82 Å². The zero-order valence-corrected chi connectivity index (χ0v) is 22.8. The molecule has 2 heterocycles. The lowest BCUT2D eigenvalue weighted by atomic mass is 9.98. The van der Waals surface area contributed by atoms with Gasteiger partial charge in [0, 0.05) is 68.0 Å². The number of alkyl halides is 3. The fourth-order valence-corrected chi connectivity index (χ4v) is 5.07. The Morgan fingerprint density at radius 2 is 1.78 bits per heavy atom. The lowest BCUT2D eigenvalue weighted by Gasteiger charge is -2.34. The maximum Gasteiger partial charge on any atom is 0.416 e. The third-order valence-electron chi connectivity index (χ3n) is 7.54. The van der Waals surface area contributed by atoms with E-state index in [2.05, 4.69) is 15.2 Å². The number of benzene rings is 2. The van der Waals surface area contributed by atoms with Crippen molar-refractivity contribution < 1.29 is 27.2 Å². The van der Waals surface area contributed by atoms with E-state index in [0.29, 0.717) is 60.7 Å². The molecule has 1 aliphatic carbocycles. The number of fused-ring (bicyclic) bond motifs is 1. The van der Waals surface area contributed by atoms with Crippen molar-refractivity contribution in [3.05, 3.63) is 93.6 Å². The van der Waals surface area contributed by atoms with E-state index in [9.17, 15) is 27.2 Å². The monoisotopic (exact) mass is 566 g/mol. The third-order valence-corrected chi connectivity index (χ3v) is 7.54. The van der Waals surface area contributed by atoms with E-state index in [0.717, 1.165) is 23.4 Å². The van der Waals surface area contributed by atoms with Gasteiger partial charge in [-0.05, 0) is 61.5 Å². The van der Waals surface area contributed by atoms with Crippen molar-refractivity contribution in [3.63, 3.8) is 0 Å². The van der Waals surface area contributed by atoms with Gasteiger partial charge in [-0.15, -0.1) is 0 Å². The Morgan fingerprint density at radius 1 is 1.02 bits per heavy atom. The predicted molar refractivity (Wildman–Crippen MR) is 150 cm³/mol. The second-order valence-electron chi connectivity index (χ2n) is 10.6. The van der Waals surface area contributed by atoms with E-state index in [1.165, 1.54) is 25.1 Å². The number of Topliss-reactive ketones (excluding diaryl/α,β-unsaturated/α-hetero) is 2. The molecule has 3 aromatic rings. The smallest absolute Gasteiger partial charge is 0.380 e. The van der Waals surface area contributed by atoms with Gasteiger partial charge < -0.3 is 15.1 Å². The summed E-state index contributed by atoms with van der Waals surface area (Å²) in [6.45, 7) is 4.17. The molecule has 0 atom stereocenters. The molecule has 0 radical (unpaired) electrons. The fraction of sp³-hybridized carbons (Fsp3) is 0.323. The van der Waals surface area contributed by atoms with Crippen LogP contribution in [-0.4, -0.2) is 54.7 Å². The van der Waals surface area contributed by atoms with Crippen molar-refractivity contribution in [1.82, 2.24) is 9.88 Å². The average molecular weight is 567 g/mol. The number of likely N-dealkylation sites (N-methyl/N-ethyl adjacent to an activating group) is 1. The summed E-state index contributed by atoms with van der Waals surface area (Å²) in [5.41, 5.74) is 3.24. The minimum absolute atomic E-state index is 0.00775.